The van der Waals surface area contributed by atoms with Crippen LogP contribution in [0.25, 0.3) is 0 Å². The Morgan fingerprint density at radius 1 is 1.20 bits per heavy atom. The second-order valence-electron chi connectivity index (χ2n) is 4.83. The Kier molecular flexibility index (Phi) is 4.41. The molecule has 20 heavy (non-hydrogen) atoms. The van der Waals surface area contributed by atoms with Gasteiger partial charge < -0.3 is 14.6 Å². The van der Waals surface area contributed by atoms with E-state index in [1.807, 2.05) is 43.3 Å². The van der Waals surface area contributed by atoms with Gasteiger partial charge in [0.15, 0.2) is 0 Å². The molecule has 2 aromatic rings. The highest BCUT2D eigenvalue weighted by molar-refractivity contribution is 5.74. The fraction of sp³-hybridized carbons (Fsp3) is 0.235. The van der Waals surface area contributed by atoms with E-state index in [4.69, 9.17) is 4.74 Å². The van der Waals surface area contributed by atoms with Crippen molar-refractivity contribution in [2.24, 2.45) is 0 Å². The van der Waals surface area contributed by atoms with Crippen LogP contribution in [0.1, 0.15) is 29.5 Å². The van der Waals surface area contributed by atoms with Crippen LogP contribution >= 0.6 is 0 Å². The zero-order valence-electron chi connectivity index (χ0n) is 11.6. The minimum Gasteiger partial charge on any atom is -0.550 e. The van der Waals surface area contributed by atoms with Crippen molar-refractivity contribution in [1.82, 2.24) is 0 Å². The first-order valence-corrected chi connectivity index (χ1v) is 6.56. The van der Waals surface area contributed by atoms with Crippen LogP contribution < -0.4 is 9.84 Å². The molecule has 0 amide bonds. The number of carbonyl (C=O) groups is 1. The van der Waals surface area contributed by atoms with Crippen molar-refractivity contribution in [3.63, 3.8) is 0 Å². The zero-order chi connectivity index (χ0) is 14.5. The van der Waals surface area contributed by atoms with Crippen molar-refractivity contribution >= 4 is 5.97 Å². The van der Waals surface area contributed by atoms with Gasteiger partial charge in [0.25, 0.3) is 0 Å². The van der Waals surface area contributed by atoms with E-state index >= 15 is 0 Å². The monoisotopic (exact) mass is 269 g/mol. The maximum absolute atomic E-state index is 10.9. The van der Waals surface area contributed by atoms with Gasteiger partial charge in [0.1, 0.15) is 12.4 Å². The summed E-state index contributed by atoms with van der Waals surface area (Å²) in [6.07, 6.45) is 0. The molecule has 0 aliphatic heterocycles. The average Bonchev–Trinajstić information content (AvgIpc) is 2.45. The molecule has 0 fully saturated rings. The summed E-state index contributed by atoms with van der Waals surface area (Å²) in [5.41, 5.74) is 2.75. The molecule has 0 saturated heterocycles. The molecule has 0 heterocycles. The summed E-state index contributed by atoms with van der Waals surface area (Å²) in [5.74, 6) is -0.940. The van der Waals surface area contributed by atoms with Crippen LogP contribution in [-0.4, -0.2) is 5.97 Å². The summed E-state index contributed by atoms with van der Waals surface area (Å²) in [4.78, 5) is 10.9. The van der Waals surface area contributed by atoms with E-state index < -0.39 is 11.9 Å². The van der Waals surface area contributed by atoms with E-state index in [-0.39, 0.29) is 0 Å². The van der Waals surface area contributed by atoms with Gasteiger partial charge in [-0.2, -0.15) is 0 Å². The van der Waals surface area contributed by atoms with Gasteiger partial charge in [-0.1, -0.05) is 43.3 Å². The lowest BCUT2D eigenvalue weighted by Crippen LogP contribution is -2.28. The lowest BCUT2D eigenvalue weighted by Gasteiger charge is -2.16. The number of benzene rings is 2. The standard InChI is InChI=1S/C17H18O3/c1-12-10-15(8-9-16(12)13(2)17(18)19)20-11-14-6-4-3-5-7-14/h3-10,13H,11H2,1-2H3,(H,18,19)/p-1. The number of hydrogen-bond acceptors (Lipinski definition) is 3. The predicted octanol–water partition coefficient (Wildman–Crippen LogP) is 2.43. The first kappa shape index (κ1) is 14.1. The first-order chi connectivity index (χ1) is 9.58. The molecule has 2 rings (SSSR count). The summed E-state index contributed by atoms with van der Waals surface area (Å²) >= 11 is 0. The number of aliphatic carboxylic acids is 1. The Morgan fingerprint density at radius 2 is 1.90 bits per heavy atom. The Hall–Kier alpha value is -2.29. The third-order valence-electron chi connectivity index (χ3n) is 3.31. The molecule has 104 valence electrons. The molecule has 1 atom stereocenters. The number of rotatable bonds is 5. The highest BCUT2D eigenvalue weighted by atomic mass is 16.5. The molecule has 2 aromatic carbocycles. The number of ether oxygens (including phenoxy) is 1. The Labute approximate surface area is 118 Å². The first-order valence-electron chi connectivity index (χ1n) is 6.56. The highest BCUT2D eigenvalue weighted by Gasteiger charge is 2.10. The SMILES string of the molecule is Cc1cc(OCc2ccccc2)ccc1C(C)C(=O)[O-]. The fourth-order valence-electron chi connectivity index (χ4n) is 2.09. The van der Waals surface area contributed by atoms with Gasteiger partial charge in [0, 0.05) is 11.9 Å². The van der Waals surface area contributed by atoms with Crippen molar-refractivity contribution in [2.45, 2.75) is 26.4 Å². The number of hydrogen-bond donors (Lipinski definition) is 0. The van der Waals surface area contributed by atoms with Crippen LogP contribution in [0.3, 0.4) is 0 Å². The minimum absolute atomic E-state index is 0.496. The van der Waals surface area contributed by atoms with E-state index in [1.54, 1.807) is 19.1 Å². The summed E-state index contributed by atoms with van der Waals surface area (Å²) in [5, 5.41) is 10.9. The fourth-order valence-corrected chi connectivity index (χ4v) is 2.09. The Bertz CT molecular complexity index is 590. The molecule has 0 aliphatic rings. The molecule has 0 aromatic heterocycles. The molecule has 0 radical (unpaired) electrons. The molecule has 0 N–H and O–H groups in total. The van der Waals surface area contributed by atoms with Crippen molar-refractivity contribution < 1.29 is 14.6 Å². The van der Waals surface area contributed by atoms with E-state index in [9.17, 15) is 9.90 Å². The van der Waals surface area contributed by atoms with Gasteiger partial charge in [-0.15, -0.1) is 0 Å². The average molecular weight is 269 g/mol. The Morgan fingerprint density at radius 3 is 2.50 bits per heavy atom. The van der Waals surface area contributed by atoms with Crippen molar-refractivity contribution in [3.8, 4) is 5.75 Å². The van der Waals surface area contributed by atoms with E-state index in [0.717, 1.165) is 22.4 Å². The topological polar surface area (TPSA) is 49.4 Å². The molecule has 0 saturated carbocycles. The summed E-state index contributed by atoms with van der Waals surface area (Å²) < 4.78 is 5.71. The molecule has 0 bridgehead atoms. The zero-order valence-corrected chi connectivity index (χ0v) is 11.6. The third kappa shape index (κ3) is 3.38. The van der Waals surface area contributed by atoms with Gasteiger partial charge >= 0.3 is 0 Å². The van der Waals surface area contributed by atoms with Crippen LogP contribution in [0.4, 0.5) is 0 Å². The van der Waals surface area contributed by atoms with E-state index in [1.165, 1.54) is 0 Å². The van der Waals surface area contributed by atoms with Crippen LogP contribution in [0.5, 0.6) is 5.75 Å². The van der Waals surface area contributed by atoms with E-state index in [2.05, 4.69) is 0 Å². The van der Waals surface area contributed by atoms with Gasteiger partial charge in [-0.25, -0.2) is 0 Å². The van der Waals surface area contributed by atoms with Crippen LogP contribution in [0, 0.1) is 6.92 Å². The van der Waals surface area contributed by atoms with E-state index in [0.29, 0.717) is 6.61 Å². The number of carboxylic acids is 1. The maximum atomic E-state index is 10.9. The third-order valence-corrected chi connectivity index (χ3v) is 3.31. The quantitative estimate of drug-likeness (QED) is 0.837. The molecule has 3 nitrogen and oxygen atoms in total. The predicted molar refractivity (Wildman–Crippen MR) is 75.4 cm³/mol. The second kappa shape index (κ2) is 6.24. The second-order valence-corrected chi connectivity index (χ2v) is 4.83. The van der Waals surface area contributed by atoms with Gasteiger partial charge in [0.2, 0.25) is 0 Å². The Balaban J connectivity index is 2.08. The van der Waals surface area contributed by atoms with Gasteiger partial charge in [-0.05, 0) is 35.7 Å². The molecular formula is C17H17O3-. The largest absolute Gasteiger partial charge is 0.550 e. The van der Waals surface area contributed by atoms with Crippen molar-refractivity contribution in [3.05, 3.63) is 65.2 Å². The van der Waals surface area contributed by atoms with Crippen LogP contribution in [-0.2, 0) is 11.4 Å². The molecule has 0 aliphatic carbocycles. The van der Waals surface area contributed by atoms with Crippen molar-refractivity contribution in [1.29, 1.82) is 0 Å². The van der Waals surface area contributed by atoms with Crippen LogP contribution in [0.2, 0.25) is 0 Å². The summed E-state index contributed by atoms with van der Waals surface area (Å²) in [7, 11) is 0. The van der Waals surface area contributed by atoms with Crippen LogP contribution in [0.15, 0.2) is 48.5 Å². The van der Waals surface area contributed by atoms with Gasteiger partial charge in [-0.3, -0.25) is 0 Å². The van der Waals surface area contributed by atoms with Crippen molar-refractivity contribution in [2.75, 3.05) is 0 Å². The number of aryl methyl sites for hydroxylation is 1. The normalized spacial score (nSPS) is 11.9. The minimum atomic E-state index is -1.06. The smallest absolute Gasteiger partial charge is 0.120 e. The maximum Gasteiger partial charge on any atom is 0.120 e. The summed E-state index contributed by atoms with van der Waals surface area (Å²) in [6, 6.07) is 15.3. The summed E-state index contributed by atoms with van der Waals surface area (Å²) in [6.45, 7) is 4.00. The van der Waals surface area contributed by atoms with Gasteiger partial charge in [0.05, 0.1) is 0 Å². The molecule has 1 unspecified atom stereocenters. The lowest BCUT2D eigenvalue weighted by atomic mass is 9.96. The molecule has 3 heteroatoms. The lowest BCUT2D eigenvalue weighted by molar-refractivity contribution is -0.307. The highest BCUT2D eigenvalue weighted by Crippen LogP contribution is 2.24. The molecule has 0 spiro atoms. The number of carbonyl (C=O) groups excluding carboxylic acids is 1. The molecular weight excluding hydrogens is 252 g/mol. The number of carboxylic acid groups (broad SMARTS) is 1.